The van der Waals surface area contributed by atoms with Crippen molar-refractivity contribution >= 4 is 141 Å². The van der Waals surface area contributed by atoms with Gasteiger partial charge >= 0.3 is 41.8 Å². The molecule has 0 amide bonds. The van der Waals surface area contributed by atoms with Crippen LogP contribution in [-0.2, 0) is 103 Å². The van der Waals surface area contributed by atoms with Crippen molar-refractivity contribution in [3.63, 3.8) is 0 Å². The Morgan fingerprint density at radius 3 is 1.16 bits per heavy atom. The van der Waals surface area contributed by atoms with E-state index in [4.69, 9.17) is 136 Å². The van der Waals surface area contributed by atoms with Crippen LogP contribution in [0.2, 0.25) is 40.2 Å². The maximum absolute atomic E-state index is 11.9. The lowest BCUT2D eigenvalue weighted by Crippen LogP contribution is -2.35. The minimum atomic E-state index is -1.36. The van der Waals surface area contributed by atoms with Gasteiger partial charge in [0.1, 0.15) is 57.6 Å². The van der Waals surface area contributed by atoms with Crippen molar-refractivity contribution < 1.29 is 91.0 Å². The van der Waals surface area contributed by atoms with Crippen molar-refractivity contribution in [1.29, 1.82) is 0 Å². The number of H-pyrrole nitrogens is 1. The molecule has 620 valence electrons. The van der Waals surface area contributed by atoms with Gasteiger partial charge in [0.25, 0.3) is 0 Å². The Labute approximate surface area is 698 Å². The summed E-state index contributed by atoms with van der Waals surface area (Å²) >= 11 is 49.1. The van der Waals surface area contributed by atoms with E-state index < -0.39 is 66.4 Å². The summed E-state index contributed by atoms with van der Waals surface area (Å²) in [7, 11) is 0. The molecular formula is C82H108Cl8N4O18. The highest BCUT2D eigenvalue weighted by atomic mass is 35.5. The smallest absolute Gasteiger partial charge is 0.306 e. The number of ether oxygens (including phenoxy) is 8. The molecule has 0 spiro atoms. The second-order valence-electron chi connectivity index (χ2n) is 26.3. The van der Waals surface area contributed by atoms with Crippen molar-refractivity contribution in [3.8, 4) is 0 Å². The number of rotatable bonds is 52. The number of carboxylic acid groups (broad SMARTS) is 2. The third-order valence-electron chi connectivity index (χ3n) is 16.8. The monoisotopic (exact) mass is 1720 g/mol. The number of hydrogen-bond acceptors (Lipinski definition) is 18. The average molecular weight is 1720 g/mol. The number of carbonyl (C=O) groups excluding carboxylic acids is 7. The second kappa shape index (κ2) is 60.8. The first-order valence-electron chi connectivity index (χ1n) is 38.2. The number of aliphatic carboxylic acids is 2. The van der Waals surface area contributed by atoms with Gasteiger partial charge in [-0.1, -0.05) is 248 Å². The lowest BCUT2D eigenvalue weighted by molar-refractivity contribution is -0.704. The van der Waals surface area contributed by atoms with Crippen molar-refractivity contribution in [2.45, 2.75) is 258 Å². The van der Waals surface area contributed by atoms with Gasteiger partial charge in [0.2, 0.25) is 6.33 Å². The van der Waals surface area contributed by atoms with Crippen molar-refractivity contribution in [1.82, 2.24) is 14.5 Å². The molecule has 6 rings (SSSR count). The largest absolute Gasteiger partial charge is 0.550 e. The Morgan fingerprint density at radius 1 is 0.455 bits per heavy atom. The van der Waals surface area contributed by atoms with Crippen LogP contribution in [0, 0.1) is 0 Å². The van der Waals surface area contributed by atoms with Crippen molar-refractivity contribution in [2.24, 2.45) is 0 Å². The summed E-state index contributed by atoms with van der Waals surface area (Å²) in [6, 6.07) is 21.4. The zero-order valence-corrected chi connectivity index (χ0v) is 70.5. The third kappa shape index (κ3) is 47.2. The third-order valence-corrected chi connectivity index (χ3v) is 19.1. The zero-order valence-electron chi connectivity index (χ0n) is 64.4. The SMILES string of the molecule is CCCCCCCC(=O)OCC(COC(=O)CCCCCCC)OC(=O)CCC(=O)O.CCCCCCCC(=O)OCC(COC(=O)CCCCCCC)OC(=O)CCC(=O)[O-].Clc1ccc(COC(C[n+]2cc[nH]c2)c2ccc(Cl)cc2Cl)c(Cl)c1.Clc1ccc(COC(Cn2ccnc2)c2ccc(Cl)cc2Cl)c(Cl)c1. The van der Waals surface area contributed by atoms with E-state index in [-0.39, 0.29) is 83.6 Å². The van der Waals surface area contributed by atoms with Crippen LogP contribution in [0.15, 0.2) is 110 Å². The van der Waals surface area contributed by atoms with Crippen LogP contribution >= 0.6 is 92.8 Å². The van der Waals surface area contributed by atoms with E-state index in [0.717, 1.165) is 151 Å². The summed E-state index contributed by atoms with van der Waals surface area (Å²) in [5.41, 5.74) is 3.43. The number of benzene rings is 4. The summed E-state index contributed by atoms with van der Waals surface area (Å²) in [6.45, 7) is 9.35. The molecule has 0 aliphatic rings. The molecular weight excluding hydrogens is 1610 g/mol. The minimum Gasteiger partial charge on any atom is -0.550 e. The topological polar surface area (TPSA) is 291 Å². The molecule has 0 fully saturated rings. The highest BCUT2D eigenvalue weighted by Crippen LogP contribution is 2.34. The van der Waals surface area contributed by atoms with E-state index in [1.807, 2.05) is 58.3 Å². The summed E-state index contributed by atoms with van der Waals surface area (Å²) in [5, 5.41) is 23.8. The molecule has 2 N–H and O–H groups in total. The van der Waals surface area contributed by atoms with Crippen LogP contribution in [0.3, 0.4) is 0 Å². The molecule has 2 heterocycles. The molecule has 0 saturated carbocycles. The summed E-state index contributed by atoms with van der Waals surface area (Å²) in [6.07, 6.45) is 28.1. The Balaban J connectivity index is 0.000000388. The fraction of sp³-hybridized carbons (Fsp3) is 0.537. The van der Waals surface area contributed by atoms with Gasteiger partial charge in [-0.15, -0.1) is 0 Å². The lowest BCUT2D eigenvalue weighted by Gasteiger charge is -2.21. The van der Waals surface area contributed by atoms with Gasteiger partial charge in [-0.3, -0.25) is 38.5 Å². The first-order valence-corrected chi connectivity index (χ1v) is 41.3. The van der Waals surface area contributed by atoms with Gasteiger partial charge in [0, 0.05) is 95.4 Å². The summed E-state index contributed by atoms with van der Waals surface area (Å²) in [4.78, 5) is 99.4. The van der Waals surface area contributed by atoms with Crippen LogP contribution in [0.1, 0.15) is 242 Å². The van der Waals surface area contributed by atoms with Gasteiger partial charge in [0.15, 0.2) is 12.2 Å². The van der Waals surface area contributed by atoms with Crippen LogP contribution in [0.25, 0.3) is 0 Å². The predicted octanol–water partition coefficient (Wildman–Crippen LogP) is 20.1. The first-order chi connectivity index (χ1) is 53.8. The van der Waals surface area contributed by atoms with E-state index in [1.54, 1.807) is 61.1 Å². The molecule has 22 nitrogen and oxygen atoms in total. The van der Waals surface area contributed by atoms with Crippen LogP contribution < -0.4 is 9.67 Å². The van der Waals surface area contributed by atoms with Gasteiger partial charge in [-0.2, -0.15) is 0 Å². The number of carbonyl (C=O) groups is 8. The number of halogens is 8. The molecule has 112 heavy (non-hydrogen) atoms. The van der Waals surface area contributed by atoms with Crippen LogP contribution in [0.5, 0.6) is 0 Å². The molecule has 2 unspecified atom stereocenters. The number of unbranched alkanes of at least 4 members (excludes halogenated alkanes) is 16. The molecule has 0 bridgehead atoms. The Kier molecular flexibility index (Phi) is 54.0. The fourth-order valence-electron chi connectivity index (χ4n) is 10.5. The summed E-state index contributed by atoms with van der Waals surface area (Å²) in [5.74, 6) is -5.60. The molecule has 0 saturated heterocycles. The number of hydrogen-bond donors (Lipinski definition) is 2. The molecule has 2 atom stereocenters. The van der Waals surface area contributed by atoms with E-state index in [0.29, 0.717) is 66.5 Å². The highest BCUT2D eigenvalue weighted by Gasteiger charge is 2.24. The number of esters is 6. The number of nitrogens with zero attached hydrogens (tertiary/aromatic N) is 3. The van der Waals surface area contributed by atoms with Crippen LogP contribution in [-0.4, -0.2) is 106 Å². The first kappa shape index (κ1) is 99.5. The Hall–Kier alpha value is -6.70. The average Bonchev–Trinajstić information content (AvgIpc) is 0.896. The minimum absolute atomic E-state index is 0.226. The molecule has 0 aliphatic heterocycles. The number of aromatic nitrogens is 4. The van der Waals surface area contributed by atoms with Gasteiger partial charge < -0.3 is 57.5 Å². The number of aromatic amines is 1. The molecule has 0 radical (unpaired) electrons. The van der Waals surface area contributed by atoms with Gasteiger partial charge in [-0.05, 0) is 91.8 Å². The second-order valence-corrected chi connectivity index (χ2v) is 29.7. The zero-order chi connectivity index (χ0) is 82.3. The van der Waals surface area contributed by atoms with E-state index >= 15 is 0 Å². The molecule has 6 aromatic rings. The Bertz CT molecular complexity index is 3390. The van der Waals surface area contributed by atoms with Crippen LogP contribution in [0.4, 0.5) is 0 Å². The molecule has 4 aromatic carbocycles. The molecule has 2 aromatic heterocycles. The standard InChI is InChI=1S/2C23H40O8.2C18H14Cl4N2O/c2*1-3-5-7-9-11-13-21(26)29-17-19(31-23(28)16-15-20(24)25)18-30-22(27)14-12-10-8-6-4-2;2*19-13-2-1-12(16(21)7-13)10-25-18(9-24-6-5-23-11-24)15-4-3-14(20)8-17(15)22/h2*19H,3-18H2,1-2H3,(H,24,25);2*1-8,11,18H,9-10H2. The summed E-state index contributed by atoms with van der Waals surface area (Å²) < 4.78 is 47.1. The fourth-order valence-corrected chi connectivity index (χ4v) is 12.5. The van der Waals surface area contributed by atoms with E-state index in [2.05, 4.69) is 37.7 Å². The van der Waals surface area contributed by atoms with Gasteiger partial charge in [0.05, 0.1) is 45.3 Å². The van der Waals surface area contributed by atoms with Crippen molar-refractivity contribution in [2.75, 3.05) is 26.4 Å². The normalized spacial score (nSPS) is 11.4. The van der Waals surface area contributed by atoms with Crippen molar-refractivity contribution in [3.05, 3.63) is 173 Å². The number of carboxylic acids is 2. The lowest BCUT2D eigenvalue weighted by atomic mass is 10.1. The van der Waals surface area contributed by atoms with E-state index in [9.17, 15) is 43.5 Å². The number of imidazole rings is 2. The Morgan fingerprint density at radius 2 is 0.821 bits per heavy atom. The maximum Gasteiger partial charge on any atom is 0.306 e. The maximum atomic E-state index is 11.9. The van der Waals surface area contributed by atoms with Gasteiger partial charge in [-0.25, -0.2) is 9.55 Å². The molecule has 30 heteroatoms. The molecule has 0 aliphatic carbocycles. The van der Waals surface area contributed by atoms with E-state index in [1.165, 1.54) is 0 Å². The quantitative estimate of drug-likeness (QED) is 0.0155. The predicted molar refractivity (Wildman–Crippen MR) is 432 cm³/mol. The number of nitrogens with one attached hydrogen (secondary N) is 1. The highest BCUT2D eigenvalue weighted by molar-refractivity contribution is 6.36.